The Balaban J connectivity index is 2.31. The topological polar surface area (TPSA) is 55.8 Å². The van der Waals surface area contributed by atoms with E-state index in [9.17, 15) is 14.3 Å². The largest absolute Gasteiger partial charge is 0.493 e. The number of carbonyl (C=O) groups excluding carboxylic acids is 1. The zero-order valence-corrected chi connectivity index (χ0v) is 11.7. The fourth-order valence-electron chi connectivity index (χ4n) is 1.98. The highest BCUT2D eigenvalue weighted by Gasteiger charge is 2.21. The molecular weight excluding hydrogens is 275 g/mol. The van der Waals surface area contributed by atoms with Gasteiger partial charge in [0.05, 0.1) is 14.2 Å². The lowest BCUT2D eigenvalue weighted by Crippen LogP contribution is -2.12. The predicted molar refractivity (Wildman–Crippen MR) is 75.2 cm³/mol. The number of hydrogen-bond acceptors (Lipinski definition) is 4. The van der Waals surface area contributed by atoms with Gasteiger partial charge in [0.2, 0.25) is 0 Å². The van der Waals surface area contributed by atoms with Crippen LogP contribution in [0.4, 0.5) is 4.39 Å². The van der Waals surface area contributed by atoms with E-state index >= 15 is 0 Å². The highest BCUT2D eigenvalue weighted by atomic mass is 19.1. The number of rotatable bonds is 5. The zero-order chi connectivity index (χ0) is 15.4. The molecule has 0 amide bonds. The Hall–Kier alpha value is -2.40. The number of Topliss-reactive ketones (excluding diaryl/α,β-unsaturated/α-hetero) is 1. The van der Waals surface area contributed by atoms with E-state index in [2.05, 4.69) is 0 Å². The number of methoxy groups -OCH3 is 2. The lowest BCUT2D eigenvalue weighted by atomic mass is 9.99. The van der Waals surface area contributed by atoms with Crippen molar-refractivity contribution >= 4 is 5.78 Å². The minimum absolute atomic E-state index is 0.204. The monoisotopic (exact) mass is 290 g/mol. The summed E-state index contributed by atoms with van der Waals surface area (Å²) in [6, 6.07) is 9.88. The molecular formula is C16H15FO4. The van der Waals surface area contributed by atoms with Crippen molar-refractivity contribution in [3.8, 4) is 11.5 Å². The van der Waals surface area contributed by atoms with E-state index in [-0.39, 0.29) is 11.1 Å². The molecule has 0 spiro atoms. The molecule has 0 saturated heterocycles. The van der Waals surface area contributed by atoms with Gasteiger partial charge in [0.25, 0.3) is 0 Å². The third-order valence-corrected chi connectivity index (χ3v) is 3.08. The van der Waals surface area contributed by atoms with Crippen molar-refractivity contribution in [2.24, 2.45) is 0 Å². The molecule has 5 heteroatoms. The van der Waals surface area contributed by atoms with Gasteiger partial charge in [-0.15, -0.1) is 0 Å². The third-order valence-electron chi connectivity index (χ3n) is 3.08. The van der Waals surface area contributed by atoms with E-state index in [4.69, 9.17) is 9.47 Å². The van der Waals surface area contributed by atoms with Crippen LogP contribution in [-0.4, -0.2) is 25.1 Å². The molecule has 110 valence electrons. The summed E-state index contributed by atoms with van der Waals surface area (Å²) in [6.45, 7) is 0. The maximum atomic E-state index is 13.2. The summed E-state index contributed by atoms with van der Waals surface area (Å²) in [7, 11) is 2.94. The van der Waals surface area contributed by atoms with Gasteiger partial charge in [-0.05, 0) is 35.9 Å². The van der Waals surface area contributed by atoms with Gasteiger partial charge >= 0.3 is 0 Å². The Kier molecular flexibility index (Phi) is 4.55. The highest BCUT2D eigenvalue weighted by molar-refractivity contribution is 6.00. The molecule has 2 rings (SSSR count). The summed E-state index contributed by atoms with van der Waals surface area (Å²) < 4.78 is 23.3. The van der Waals surface area contributed by atoms with Crippen molar-refractivity contribution in [2.75, 3.05) is 14.2 Å². The number of hydrogen-bond donors (Lipinski definition) is 1. The number of carbonyl (C=O) groups is 1. The number of halogens is 1. The van der Waals surface area contributed by atoms with Crippen molar-refractivity contribution in [3.63, 3.8) is 0 Å². The van der Waals surface area contributed by atoms with Crippen LogP contribution in [0, 0.1) is 5.82 Å². The van der Waals surface area contributed by atoms with Gasteiger partial charge in [-0.3, -0.25) is 4.79 Å². The average Bonchev–Trinajstić information content (AvgIpc) is 2.52. The molecule has 1 atom stereocenters. The summed E-state index contributed by atoms with van der Waals surface area (Å²) in [5.41, 5.74) is 0.458. The highest BCUT2D eigenvalue weighted by Crippen LogP contribution is 2.29. The van der Waals surface area contributed by atoms with Gasteiger partial charge in [-0.1, -0.05) is 12.1 Å². The van der Waals surface area contributed by atoms with Crippen LogP contribution in [0.15, 0.2) is 42.5 Å². The van der Waals surface area contributed by atoms with E-state index in [1.807, 2.05) is 0 Å². The summed E-state index contributed by atoms with van der Waals surface area (Å²) in [6.07, 6.45) is -1.43. The van der Waals surface area contributed by atoms with Crippen LogP contribution >= 0.6 is 0 Å². The maximum absolute atomic E-state index is 13.2. The molecule has 4 nitrogen and oxygen atoms in total. The Bertz CT molecular complexity index is 654. The molecule has 0 aliphatic rings. The molecule has 0 aliphatic heterocycles. The molecule has 0 heterocycles. The Morgan fingerprint density at radius 1 is 1.10 bits per heavy atom. The molecule has 0 aromatic heterocycles. The van der Waals surface area contributed by atoms with Crippen molar-refractivity contribution < 1.29 is 23.8 Å². The van der Waals surface area contributed by atoms with Crippen LogP contribution in [0.3, 0.4) is 0 Å². The minimum atomic E-state index is -1.43. The first kappa shape index (κ1) is 15.0. The number of ether oxygens (including phenoxy) is 2. The second-order valence-electron chi connectivity index (χ2n) is 4.39. The summed E-state index contributed by atoms with van der Waals surface area (Å²) in [4.78, 5) is 12.3. The second kappa shape index (κ2) is 6.37. The molecule has 0 aliphatic carbocycles. The predicted octanol–water partition coefficient (Wildman–Crippen LogP) is 2.76. The van der Waals surface area contributed by atoms with Crippen molar-refractivity contribution in [1.29, 1.82) is 0 Å². The molecule has 0 bridgehead atoms. The van der Waals surface area contributed by atoms with Crippen molar-refractivity contribution in [2.45, 2.75) is 6.10 Å². The SMILES string of the molecule is COc1ccc(C(=O)C(O)c2cccc(F)c2)cc1OC. The van der Waals surface area contributed by atoms with Crippen LogP contribution in [0.1, 0.15) is 22.0 Å². The first-order chi connectivity index (χ1) is 10.1. The van der Waals surface area contributed by atoms with E-state index in [1.165, 1.54) is 44.6 Å². The van der Waals surface area contributed by atoms with E-state index in [0.717, 1.165) is 6.07 Å². The van der Waals surface area contributed by atoms with Gasteiger partial charge in [-0.25, -0.2) is 4.39 Å². The molecule has 2 aromatic carbocycles. The molecule has 1 unspecified atom stereocenters. The Labute approximate surface area is 121 Å². The Morgan fingerprint density at radius 3 is 2.43 bits per heavy atom. The smallest absolute Gasteiger partial charge is 0.195 e. The molecule has 0 radical (unpaired) electrons. The van der Waals surface area contributed by atoms with Crippen LogP contribution in [0.25, 0.3) is 0 Å². The minimum Gasteiger partial charge on any atom is -0.493 e. The van der Waals surface area contributed by atoms with Crippen molar-refractivity contribution in [3.05, 3.63) is 59.4 Å². The van der Waals surface area contributed by atoms with Crippen LogP contribution < -0.4 is 9.47 Å². The second-order valence-corrected chi connectivity index (χ2v) is 4.39. The standard InChI is InChI=1S/C16H15FO4/c1-20-13-7-6-11(9-14(13)21-2)16(19)15(18)10-4-3-5-12(17)8-10/h3-9,15,18H,1-2H3. The summed E-state index contributed by atoms with van der Waals surface area (Å²) in [5.74, 6) is -0.183. The number of aliphatic hydroxyl groups is 1. The molecule has 0 fully saturated rings. The molecule has 21 heavy (non-hydrogen) atoms. The fraction of sp³-hybridized carbons (Fsp3) is 0.188. The quantitative estimate of drug-likeness (QED) is 0.860. The average molecular weight is 290 g/mol. The van der Waals surface area contributed by atoms with Gasteiger partial charge in [0.15, 0.2) is 17.3 Å². The number of aliphatic hydroxyl groups excluding tert-OH is 1. The lowest BCUT2D eigenvalue weighted by molar-refractivity contribution is 0.0746. The van der Waals surface area contributed by atoms with E-state index in [1.54, 1.807) is 6.07 Å². The summed E-state index contributed by atoms with van der Waals surface area (Å²) >= 11 is 0. The van der Waals surface area contributed by atoms with Crippen LogP contribution in [0.5, 0.6) is 11.5 Å². The van der Waals surface area contributed by atoms with Crippen LogP contribution in [-0.2, 0) is 0 Å². The maximum Gasteiger partial charge on any atom is 0.195 e. The Morgan fingerprint density at radius 2 is 1.81 bits per heavy atom. The molecule has 2 aromatic rings. The first-order valence-corrected chi connectivity index (χ1v) is 6.26. The van der Waals surface area contributed by atoms with E-state index < -0.39 is 17.7 Å². The molecule has 1 N–H and O–H groups in total. The molecule has 0 saturated carbocycles. The fourth-order valence-corrected chi connectivity index (χ4v) is 1.98. The van der Waals surface area contributed by atoms with Gasteiger partial charge in [0, 0.05) is 5.56 Å². The summed E-state index contributed by atoms with van der Waals surface area (Å²) in [5, 5.41) is 10.1. The van der Waals surface area contributed by atoms with Gasteiger partial charge in [-0.2, -0.15) is 0 Å². The number of benzene rings is 2. The first-order valence-electron chi connectivity index (χ1n) is 6.26. The lowest BCUT2D eigenvalue weighted by Gasteiger charge is -2.12. The third kappa shape index (κ3) is 3.20. The van der Waals surface area contributed by atoms with Gasteiger partial charge in [0.1, 0.15) is 11.9 Å². The van der Waals surface area contributed by atoms with Crippen molar-refractivity contribution in [1.82, 2.24) is 0 Å². The zero-order valence-electron chi connectivity index (χ0n) is 11.7. The number of ketones is 1. The normalized spacial score (nSPS) is 11.8. The van der Waals surface area contributed by atoms with Crippen LogP contribution in [0.2, 0.25) is 0 Å². The van der Waals surface area contributed by atoms with E-state index in [0.29, 0.717) is 11.5 Å². The van der Waals surface area contributed by atoms with Gasteiger partial charge < -0.3 is 14.6 Å².